The number of rotatable bonds is 19. The summed E-state index contributed by atoms with van der Waals surface area (Å²) in [7, 11) is 2.00. The zero-order valence-electron chi connectivity index (χ0n) is 34.1. The summed E-state index contributed by atoms with van der Waals surface area (Å²) in [6.07, 6.45) is 8.10. The van der Waals surface area contributed by atoms with Crippen molar-refractivity contribution < 1.29 is 38.1 Å². The standard InChI is InChI=1S/C40H72N4O8/c1-12-13-16-40(10,17-20-49-32(45)29(2)3)52-34(47)43-28-39(9)24-31(22-37(6,7)26-39)44-35(48)51-19-15-14-18-50-33(46)42-27-38(8)23-30(41-11)21-36(4,5)25-38/h30-31,41H,2,12-28H2,1,3-11H3,(H,42,46)(H,43,47)(H,44,48). The number of carbonyl (C=O) groups is 4. The molecule has 2 saturated carbocycles. The zero-order valence-corrected chi connectivity index (χ0v) is 34.1. The van der Waals surface area contributed by atoms with Gasteiger partial charge in [0.2, 0.25) is 0 Å². The third-order valence-electron chi connectivity index (χ3n) is 10.6. The largest absolute Gasteiger partial charge is 0.462 e. The van der Waals surface area contributed by atoms with Crippen LogP contribution in [-0.2, 0) is 23.7 Å². The van der Waals surface area contributed by atoms with Crippen molar-refractivity contribution in [3.63, 3.8) is 0 Å². The van der Waals surface area contributed by atoms with Crippen molar-refractivity contribution in [3.8, 4) is 0 Å². The van der Waals surface area contributed by atoms with Gasteiger partial charge in [0.05, 0.1) is 19.8 Å². The zero-order chi connectivity index (χ0) is 39.2. The van der Waals surface area contributed by atoms with E-state index in [4.69, 9.17) is 18.9 Å². The molecule has 0 saturated heterocycles. The second-order valence-corrected chi connectivity index (χ2v) is 18.2. The van der Waals surface area contributed by atoms with Crippen molar-refractivity contribution in [1.29, 1.82) is 0 Å². The third-order valence-corrected chi connectivity index (χ3v) is 10.6. The lowest BCUT2D eigenvalue weighted by atomic mass is 9.62. The van der Waals surface area contributed by atoms with Gasteiger partial charge in [0.15, 0.2) is 0 Å². The van der Waals surface area contributed by atoms with Crippen LogP contribution >= 0.6 is 0 Å². The molecule has 12 heteroatoms. The Labute approximate surface area is 314 Å². The maximum absolute atomic E-state index is 13.0. The van der Waals surface area contributed by atoms with E-state index in [1.54, 1.807) is 6.92 Å². The van der Waals surface area contributed by atoms with Crippen molar-refractivity contribution in [2.45, 2.75) is 157 Å². The summed E-state index contributed by atoms with van der Waals surface area (Å²) in [6, 6.07) is 0.312. The molecule has 0 heterocycles. The summed E-state index contributed by atoms with van der Waals surface area (Å²) in [6.45, 7) is 24.0. The summed E-state index contributed by atoms with van der Waals surface area (Å²) in [4.78, 5) is 50.0. The Balaban J connectivity index is 1.74. The highest BCUT2D eigenvalue weighted by atomic mass is 16.6. The van der Waals surface area contributed by atoms with E-state index in [9.17, 15) is 19.2 Å². The predicted octanol–water partition coefficient (Wildman–Crippen LogP) is 7.79. The average molecular weight is 737 g/mol. The highest BCUT2D eigenvalue weighted by molar-refractivity contribution is 5.86. The number of carbonyl (C=O) groups excluding carboxylic acids is 4. The van der Waals surface area contributed by atoms with Crippen LogP contribution in [-0.4, -0.2) is 81.9 Å². The van der Waals surface area contributed by atoms with Gasteiger partial charge in [-0.15, -0.1) is 0 Å². The molecule has 0 aromatic carbocycles. The monoisotopic (exact) mass is 737 g/mol. The van der Waals surface area contributed by atoms with Gasteiger partial charge >= 0.3 is 24.2 Å². The molecule has 2 aliphatic rings. The fourth-order valence-corrected chi connectivity index (χ4v) is 8.73. The van der Waals surface area contributed by atoms with Gasteiger partial charge in [-0.1, -0.05) is 61.5 Å². The first-order chi connectivity index (χ1) is 24.1. The van der Waals surface area contributed by atoms with Crippen LogP contribution in [0.1, 0.15) is 139 Å². The van der Waals surface area contributed by atoms with E-state index in [0.717, 1.165) is 44.9 Å². The lowest BCUT2D eigenvalue weighted by Crippen LogP contribution is -2.51. The van der Waals surface area contributed by atoms with Crippen LogP contribution < -0.4 is 21.3 Å². The first-order valence-corrected chi connectivity index (χ1v) is 19.4. The van der Waals surface area contributed by atoms with Crippen LogP contribution in [0.5, 0.6) is 0 Å². The first-order valence-electron chi connectivity index (χ1n) is 19.4. The summed E-state index contributed by atoms with van der Waals surface area (Å²) in [5.41, 5.74) is -0.598. The second kappa shape index (κ2) is 19.9. The van der Waals surface area contributed by atoms with Gasteiger partial charge in [-0.2, -0.15) is 0 Å². The van der Waals surface area contributed by atoms with Crippen LogP contribution in [0.4, 0.5) is 14.4 Å². The topological polar surface area (TPSA) is 153 Å². The van der Waals surface area contributed by atoms with Crippen molar-refractivity contribution in [1.82, 2.24) is 21.3 Å². The molecule has 52 heavy (non-hydrogen) atoms. The summed E-state index contributed by atoms with van der Waals surface area (Å²) in [5, 5.41) is 12.4. The number of unbranched alkanes of at least 4 members (excludes halogenated alkanes) is 2. The number of amides is 3. The smallest absolute Gasteiger partial charge is 0.407 e. The molecule has 2 fully saturated rings. The van der Waals surface area contributed by atoms with Crippen molar-refractivity contribution in [2.75, 3.05) is 40.0 Å². The molecule has 0 aromatic heterocycles. The van der Waals surface area contributed by atoms with E-state index in [-0.39, 0.29) is 47.5 Å². The van der Waals surface area contributed by atoms with Crippen LogP contribution in [0.15, 0.2) is 12.2 Å². The molecule has 0 aliphatic heterocycles. The Morgan fingerprint density at radius 2 is 1.23 bits per heavy atom. The number of alkyl carbamates (subject to hydrolysis) is 3. The van der Waals surface area contributed by atoms with Crippen LogP contribution in [0.2, 0.25) is 0 Å². The summed E-state index contributed by atoms with van der Waals surface area (Å²) >= 11 is 0. The molecular formula is C40H72N4O8. The van der Waals surface area contributed by atoms with E-state index in [2.05, 4.69) is 76.3 Å². The van der Waals surface area contributed by atoms with Crippen LogP contribution in [0, 0.1) is 21.7 Å². The fourth-order valence-electron chi connectivity index (χ4n) is 8.73. The number of ether oxygens (including phenoxy) is 4. The van der Waals surface area contributed by atoms with Gasteiger partial charge in [-0.25, -0.2) is 19.2 Å². The van der Waals surface area contributed by atoms with E-state index in [0.29, 0.717) is 56.8 Å². The SMILES string of the molecule is C=C(C)C(=O)OCCC(C)(CCCC)OC(=O)NCC1(C)CC(NC(=O)OCCCCOC(=O)NCC2(C)CC(NC)CC(C)(C)C2)CC(C)(C)C1. The Kier molecular flexibility index (Phi) is 17.3. The molecule has 5 unspecified atom stereocenters. The molecule has 300 valence electrons. The number of esters is 1. The molecular weight excluding hydrogens is 664 g/mol. The van der Waals surface area contributed by atoms with Gasteiger partial charge in [-0.3, -0.25) is 0 Å². The van der Waals surface area contributed by atoms with Gasteiger partial charge in [0.25, 0.3) is 0 Å². The molecule has 2 aliphatic carbocycles. The van der Waals surface area contributed by atoms with E-state index < -0.39 is 29.9 Å². The lowest BCUT2D eigenvalue weighted by Gasteiger charge is -2.46. The molecule has 0 spiro atoms. The normalized spacial score (nSPS) is 26.2. The number of nitrogens with one attached hydrogen (secondary N) is 4. The van der Waals surface area contributed by atoms with Crippen LogP contribution in [0.25, 0.3) is 0 Å². The van der Waals surface area contributed by atoms with Crippen molar-refractivity contribution >= 4 is 24.2 Å². The quantitative estimate of drug-likeness (QED) is 0.0451. The Morgan fingerprint density at radius 1 is 0.712 bits per heavy atom. The van der Waals surface area contributed by atoms with E-state index in [1.807, 2.05) is 14.0 Å². The first kappa shape index (κ1) is 45.1. The molecule has 3 amide bonds. The minimum Gasteiger partial charge on any atom is -0.462 e. The van der Waals surface area contributed by atoms with E-state index >= 15 is 0 Å². The Hall–Kier alpha value is -3.02. The van der Waals surface area contributed by atoms with Gasteiger partial charge < -0.3 is 40.2 Å². The molecule has 0 aromatic rings. The minimum atomic E-state index is -0.782. The molecule has 12 nitrogen and oxygen atoms in total. The molecule has 0 bridgehead atoms. The van der Waals surface area contributed by atoms with Gasteiger partial charge in [-0.05, 0) is 107 Å². The average Bonchev–Trinajstić information content (AvgIpc) is 3.01. The maximum Gasteiger partial charge on any atom is 0.407 e. The molecule has 5 atom stereocenters. The Morgan fingerprint density at radius 3 is 1.77 bits per heavy atom. The van der Waals surface area contributed by atoms with Gasteiger partial charge in [0, 0.05) is 37.2 Å². The number of hydrogen-bond donors (Lipinski definition) is 4. The van der Waals surface area contributed by atoms with E-state index in [1.165, 1.54) is 0 Å². The van der Waals surface area contributed by atoms with Gasteiger partial charge in [0.1, 0.15) is 5.60 Å². The molecule has 4 N–H and O–H groups in total. The highest BCUT2D eigenvalue weighted by Crippen LogP contribution is 2.47. The summed E-state index contributed by atoms with van der Waals surface area (Å²) < 4.78 is 22.1. The highest BCUT2D eigenvalue weighted by Gasteiger charge is 2.43. The second-order valence-electron chi connectivity index (χ2n) is 18.2. The lowest BCUT2D eigenvalue weighted by molar-refractivity contribution is -0.140. The Bertz CT molecular complexity index is 1210. The fraction of sp³-hybridized carbons (Fsp3) is 0.850. The summed E-state index contributed by atoms with van der Waals surface area (Å²) in [5.74, 6) is -0.458. The third kappa shape index (κ3) is 16.8. The number of hydrogen-bond acceptors (Lipinski definition) is 9. The minimum absolute atomic E-state index is 0.00397. The van der Waals surface area contributed by atoms with Crippen LogP contribution in [0.3, 0.4) is 0 Å². The predicted molar refractivity (Wildman–Crippen MR) is 204 cm³/mol. The van der Waals surface area contributed by atoms with Crippen molar-refractivity contribution in [3.05, 3.63) is 12.2 Å². The maximum atomic E-state index is 13.0. The molecule has 0 radical (unpaired) electrons. The van der Waals surface area contributed by atoms with Crippen molar-refractivity contribution in [2.24, 2.45) is 21.7 Å². The molecule has 2 rings (SSSR count).